The number of fused-ring (bicyclic) bond motifs is 3. The predicted molar refractivity (Wildman–Crippen MR) is 134 cm³/mol. The highest BCUT2D eigenvalue weighted by molar-refractivity contribution is 5.95. The molecule has 1 aromatic carbocycles. The Hall–Kier alpha value is -3.30. The normalized spacial score (nSPS) is 24.1. The molecule has 0 aliphatic carbocycles. The fourth-order valence-corrected chi connectivity index (χ4v) is 5.43. The molecule has 3 fully saturated rings. The molecular formula is C26H30N6O3. The zero-order chi connectivity index (χ0) is 23.9. The van der Waals surface area contributed by atoms with Crippen LogP contribution < -0.4 is 15.1 Å². The van der Waals surface area contributed by atoms with Gasteiger partial charge in [0.25, 0.3) is 5.91 Å². The summed E-state index contributed by atoms with van der Waals surface area (Å²) in [5.41, 5.74) is 2.92. The highest BCUT2D eigenvalue weighted by atomic mass is 16.5. The quantitative estimate of drug-likeness (QED) is 0.617. The van der Waals surface area contributed by atoms with Crippen LogP contribution in [0.15, 0.2) is 36.4 Å². The molecule has 0 saturated carbocycles. The second-order valence-electron chi connectivity index (χ2n) is 9.52. The minimum absolute atomic E-state index is 0.122. The number of hydrogen-bond donors (Lipinski definition) is 1. The Balaban J connectivity index is 1.48. The van der Waals surface area contributed by atoms with E-state index in [0.29, 0.717) is 42.5 Å². The summed E-state index contributed by atoms with van der Waals surface area (Å²) < 4.78 is 11.5. The minimum atomic E-state index is -0.122. The molecule has 2 bridgehead atoms. The lowest BCUT2D eigenvalue weighted by Gasteiger charge is -2.38. The van der Waals surface area contributed by atoms with Gasteiger partial charge in [0.05, 0.1) is 55.6 Å². The molecule has 2 aromatic heterocycles. The molecule has 182 valence electrons. The summed E-state index contributed by atoms with van der Waals surface area (Å²) in [7, 11) is 1.63. The molecule has 3 aliphatic heterocycles. The highest BCUT2D eigenvalue weighted by Crippen LogP contribution is 2.38. The summed E-state index contributed by atoms with van der Waals surface area (Å²) >= 11 is 0. The number of amides is 1. The van der Waals surface area contributed by atoms with Crippen LogP contribution in [0.5, 0.6) is 0 Å². The maximum atomic E-state index is 12.2. The van der Waals surface area contributed by atoms with Gasteiger partial charge in [-0.05, 0) is 44.0 Å². The molecule has 0 radical (unpaired) electrons. The Bertz CT molecular complexity index is 1250. The second kappa shape index (κ2) is 9.05. The molecule has 2 unspecified atom stereocenters. The summed E-state index contributed by atoms with van der Waals surface area (Å²) in [5.74, 6) is 1.51. The molecule has 3 aromatic rings. The van der Waals surface area contributed by atoms with Crippen LogP contribution in [0.1, 0.15) is 30.1 Å². The van der Waals surface area contributed by atoms with Crippen LogP contribution in [-0.2, 0) is 9.47 Å². The number of carbonyl (C=O) groups excluding carboxylic acids is 1. The maximum Gasteiger partial charge on any atom is 0.251 e. The Morgan fingerprint density at radius 2 is 1.86 bits per heavy atom. The van der Waals surface area contributed by atoms with Gasteiger partial charge in [0.15, 0.2) is 5.65 Å². The SMILES string of the molecule is CNC(=O)c1cccc(-c2ccc3c(N4C5CCC4COC5)nc(N4CCOC[C@@H]4C)nc3n2)c1. The van der Waals surface area contributed by atoms with Crippen LogP contribution >= 0.6 is 0 Å². The van der Waals surface area contributed by atoms with Gasteiger partial charge in [-0.1, -0.05) is 12.1 Å². The fraction of sp³-hybridized carbons (Fsp3) is 0.462. The lowest BCUT2D eigenvalue weighted by atomic mass is 10.1. The number of ether oxygens (including phenoxy) is 2. The van der Waals surface area contributed by atoms with Crippen molar-refractivity contribution in [2.24, 2.45) is 0 Å². The summed E-state index contributed by atoms with van der Waals surface area (Å²) in [6.45, 7) is 5.64. The predicted octanol–water partition coefficient (Wildman–Crippen LogP) is 2.64. The number of morpholine rings is 2. The number of anilines is 2. The number of nitrogens with zero attached hydrogens (tertiary/aromatic N) is 5. The van der Waals surface area contributed by atoms with E-state index in [4.69, 9.17) is 24.4 Å². The van der Waals surface area contributed by atoms with Crippen LogP contribution in [0.3, 0.4) is 0 Å². The van der Waals surface area contributed by atoms with Crippen molar-refractivity contribution in [3.8, 4) is 11.3 Å². The van der Waals surface area contributed by atoms with Crippen molar-refractivity contribution >= 4 is 28.7 Å². The molecule has 3 aliphatic rings. The van der Waals surface area contributed by atoms with Crippen molar-refractivity contribution in [2.75, 3.05) is 49.8 Å². The Labute approximate surface area is 204 Å². The van der Waals surface area contributed by atoms with E-state index in [1.807, 2.05) is 24.3 Å². The van der Waals surface area contributed by atoms with Crippen molar-refractivity contribution < 1.29 is 14.3 Å². The lowest BCUT2D eigenvalue weighted by molar-refractivity contribution is 0.0902. The van der Waals surface area contributed by atoms with E-state index in [1.54, 1.807) is 13.1 Å². The van der Waals surface area contributed by atoms with Crippen LogP contribution in [0.25, 0.3) is 22.3 Å². The molecule has 5 heterocycles. The zero-order valence-electron chi connectivity index (χ0n) is 20.1. The van der Waals surface area contributed by atoms with E-state index in [1.165, 1.54) is 0 Å². The molecule has 1 N–H and O–H groups in total. The number of rotatable bonds is 4. The van der Waals surface area contributed by atoms with E-state index >= 15 is 0 Å². The summed E-state index contributed by atoms with van der Waals surface area (Å²) in [5, 5.41) is 3.63. The van der Waals surface area contributed by atoms with E-state index in [-0.39, 0.29) is 11.9 Å². The van der Waals surface area contributed by atoms with Gasteiger partial charge in [-0.15, -0.1) is 0 Å². The van der Waals surface area contributed by atoms with Crippen molar-refractivity contribution in [1.29, 1.82) is 0 Å². The van der Waals surface area contributed by atoms with E-state index in [2.05, 4.69) is 28.1 Å². The monoisotopic (exact) mass is 474 g/mol. The van der Waals surface area contributed by atoms with Crippen molar-refractivity contribution in [3.63, 3.8) is 0 Å². The molecule has 35 heavy (non-hydrogen) atoms. The van der Waals surface area contributed by atoms with Crippen molar-refractivity contribution in [2.45, 2.75) is 37.9 Å². The van der Waals surface area contributed by atoms with Gasteiger partial charge < -0.3 is 24.6 Å². The smallest absolute Gasteiger partial charge is 0.251 e. The zero-order valence-corrected chi connectivity index (χ0v) is 20.1. The first kappa shape index (κ1) is 22.2. The topological polar surface area (TPSA) is 92.7 Å². The number of carbonyl (C=O) groups is 1. The van der Waals surface area contributed by atoms with E-state index in [0.717, 1.165) is 55.1 Å². The molecule has 9 heteroatoms. The van der Waals surface area contributed by atoms with E-state index in [9.17, 15) is 4.79 Å². The van der Waals surface area contributed by atoms with Gasteiger partial charge in [0.1, 0.15) is 5.82 Å². The van der Waals surface area contributed by atoms with Crippen LogP contribution in [0, 0.1) is 0 Å². The average Bonchev–Trinajstić information content (AvgIpc) is 3.14. The number of hydrogen-bond acceptors (Lipinski definition) is 8. The molecule has 3 saturated heterocycles. The standard InChI is InChI=1S/C26H30N6O3/c1-16-13-34-11-10-31(16)26-29-23-21(24(30-26)32-19-6-7-20(32)15-35-14-19)8-9-22(28-23)17-4-3-5-18(12-17)25(33)27-2/h3-5,8-9,12,16,19-20H,6-7,10-11,13-15H2,1-2H3,(H,27,33)/t16-,19?,20?/m0/s1. The third-order valence-electron chi connectivity index (χ3n) is 7.28. The van der Waals surface area contributed by atoms with Gasteiger partial charge in [0, 0.05) is 24.7 Å². The lowest BCUT2D eigenvalue weighted by Crippen LogP contribution is -2.47. The minimum Gasteiger partial charge on any atom is -0.377 e. The fourth-order valence-electron chi connectivity index (χ4n) is 5.43. The van der Waals surface area contributed by atoms with Crippen LogP contribution in [0.2, 0.25) is 0 Å². The summed E-state index contributed by atoms with van der Waals surface area (Å²) in [6, 6.07) is 12.4. The third kappa shape index (κ3) is 3.98. The van der Waals surface area contributed by atoms with Gasteiger partial charge in [0.2, 0.25) is 5.95 Å². The van der Waals surface area contributed by atoms with Gasteiger partial charge in [-0.2, -0.15) is 9.97 Å². The van der Waals surface area contributed by atoms with Gasteiger partial charge in [-0.25, -0.2) is 4.98 Å². The number of aromatic nitrogens is 3. The Morgan fingerprint density at radius 3 is 2.63 bits per heavy atom. The third-order valence-corrected chi connectivity index (χ3v) is 7.28. The second-order valence-corrected chi connectivity index (χ2v) is 9.52. The maximum absolute atomic E-state index is 12.2. The van der Waals surface area contributed by atoms with Crippen LogP contribution in [-0.4, -0.2) is 79.0 Å². The largest absolute Gasteiger partial charge is 0.377 e. The number of nitrogens with one attached hydrogen (secondary N) is 1. The van der Waals surface area contributed by atoms with Crippen LogP contribution in [0.4, 0.5) is 11.8 Å². The summed E-state index contributed by atoms with van der Waals surface area (Å²) in [6.07, 6.45) is 2.22. The number of pyridine rings is 1. The first-order valence-corrected chi connectivity index (χ1v) is 12.3. The first-order valence-electron chi connectivity index (χ1n) is 12.3. The molecular weight excluding hydrogens is 444 g/mol. The van der Waals surface area contributed by atoms with Gasteiger partial charge >= 0.3 is 0 Å². The molecule has 0 spiro atoms. The summed E-state index contributed by atoms with van der Waals surface area (Å²) in [4.78, 5) is 31.9. The molecule has 1 amide bonds. The van der Waals surface area contributed by atoms with Gasteiger partial charge in [-0.3, -0.25) is 4.79 Å². The highest BCUT2D eigenvalue weighted by Gasteiger charge is 2.39. The Kier molecular flexibility index (Phi) is 5.74. The van der Waals surface area contributed by atoms with Crippen molar-refractivity contribution in [1.82, 2.24) is 20.3 Å². The number of benzene rings is 1. The van der Waals surface area contributed by atoms with E-state index < -0.39 is 0 Å². The average molecular weight is 475 g/mol. The first-order chi connectivity index (χ1) is 17.1. The molecule has 3 atom stereocenters. The Morgan fingerprint density at radius 1 is 1.03 bits per heavy atom. The van der Waals surface area contributed by atoms with Crippen molar-refractivity contribution in [3.05, 3.63) is 42.0 Å². The molecule has 9 nitrogen and oxygen atoms in total. The molecule has 6 rings (SSSR count).